The molecule has 0 bridgehead atoms. The number of carbonyl (C=O) groups excluding carboxylic acids is 1. The Morgan fingerprint density at radius 1 is 1.07 bits per heavy atom. The number of rotatable bonds is 2. The minimum Gasteiger partial charge on any atom is -0.290 e. The second-order valence-electron chi connectivity index (χ2n) is 4.24. The standard InChI is InChI=1S/C14H14O/c1-14(9-7-13(15)8-10-14)11-12-5-3-2-4-6-12/h2-10H,11H2,1H3. The van der Waals surface area contributed by atoms with Crippen molar-refractivity contribution in [3.8, 4) is 0 Å². The molecule has 0 radical (unpaired) electrons. The summed E-state index contributed by atoms with van der Waals surface area (Å²) in [4.78, 5) is 11.0. The molecular formula is C14H14O. The van der Waals surface area contributed by atoms with Gasteiger partial charge in [0.15, 0.2) is 5.78 Å². The first-order valence-electron chi connectivity index (χ1n) is 5.14. The zero-order valence-corrected chi connectivity index (χ0v) is 8.81. The van der Waals surface area contributed by atoms with Gasteiger partial charge in [0.25, 0.3) is 0 Å². The van der Waals surface area contributed by atoms with Crippen LogP contribution in [0.25, 0.3) is 0 Å². The monoisotopic (exact) mass is 198 g/mol. The van der Waals surface area contributed by atoms with E-state index in [1.807, 2.05) is 30.4 Å². The number of benzene rings is 1. The highest BCUT2D eigenvalue weighted by atomic mass is 16.1. The smallest absolute Gasteiger partial charge is 0.178 e. The Morgan fingerprint density at radius 2 is 1.67 bits per heavy atom. The molecule has 0 aromatic heterocycles. The second kappa shape index (κ2) is 3.85. The van der Waals surface area contributed by atoms with Crippen molar-refractivity contribution in [3.05, 3.63) is 60.2 Å². The maximum atomic E-state index is 11.0. The number of hydrogen-bond donors (Lipinski definition) is 0. The molecule has 0 aliphatic heterocycles. The van der Waals surface area contributed by atoms with Gasteiger partial charge in [-0.15, -0.1) is 0 Å². The van der Waals surface area contributed by atoms with E-state index >= 15 is 0 Å². The number of allylic oxidation sites excluding steroid dienone is 4. The largest absolute Gasteiger partial charge is 0.290 e. The van der Waals surface area contributed by atoms with E-state index in [9.17, 15) is 4.79 Å². The van der Waals surface area contributed by atoms with E-state index in [1.54, 1.807) is 12.2 Å². The first-order chi connectivity index (χ1) is 7.18. The van der Waals surface area contributed by atoms with Crippen molar-refractivity contribution in [1.29, 1.82) is 0 Å². The van der Waals surface area contributed by atoms with Gasteiger partial charge in [-0.1, -0.05) is 49.4 Å². The van der Waals surface area contributed by atoms with Crippen molar-refractivity contribution in [3.63, 3.8) is 0 Å². The predicted octanol–water partition coefficient (Wildman–Crippen LogP) is 2.93. The summed E-state index contributed by atoms with van der Waals surface area (Å²) >= 11 is 0. The Balaban J connectivity index is 2.16. The van der Waals surface area contributed by atoms with Crippen LogP contribution in [-0.4, -0.2) is 5.78 Å². The van der Waals surface area contributed by atoms with E-state index in [4.69, 9.17) is 0 Å². The van der Waals surface area contributed by atoms with E-state index in [0.717, 1.165) is 6.42 Å². The van der Waals surface area contributed by atoms with E-state index in [1.165, 1.54) is 5.56 Å². The molecule has 0 spiro atoms. The Hall–Kier alpha value is -1.63. The number of ketones is 1. The average molecular weight is 198 g/mol. The van der Waals surface area contributed by atoms with E-state index in [-0.39, 0.29) is 11.2 Å². The lowest BCUT2D eigenvalue weighted by Gasteiger charge is -2.23. The molecule has 0 saturated heterocycles. The van der Waals surface area contributed by atoms with Gasteiger partial charge in [0.2, 0.25) is 0 Å². The summed E-state index contributed by atoms with van der Waals surface area (Å²) in [5.74, 6) is 0.0838. The Labute approximate surface area is 90.1 Å². The lowest BCUT2D eigenvalue weighted by molar-refractivity contribution is -0.110. The van der Waals surface area contributed by atoms with E-state index in [0.29, 0.717) is 0 Å². The van der Waals surface area contributed by atoms with Crippen LogP contribution in [0, 0.1) is 5.41 Å². The second-order valence-corrected chi connectivity index (χ2v) is 4.24. The van der Waals surface area contributed by atoms with Crippen molar-refractivity contribution >= 4 is 5.78 Å². The molecule has 0 heterocycles. The summed E-state index contributed by atoms with van der Waals surface area (Å²) in [7, 11) is 0. The fourth-order valence-electron chi connectivity index (χ4n) is 1.81. The molecule has 1 heteroatoms. The van der Waals surface area contributed by atoms with Gasteiger partial charge in [0.05, 0.1) is 0 Å². The zero-order chi connectivity index (χ0) is 10.7. The minimum absolute atomic E-state index is 0.0186. The van der Waals surface area contributed by atoms with Crippen LogP contribution in [0.5, 0.6) is 0 Å². The van der Waals surface area contributed by atoms with Crippen LogP contribution < -0.4 is 0 Å². The Bertz CT molecular complexity index is 396. The fraction of sp³-hybridized carbons (Fsp3) is 0.214. The highest BCUT2D eigenvalue weighted by molar-refractivity contribution is 6.00. The molecule has 15 heavy (non-hydrogen) atoms. The van der Waals surface area contributed by atoms with Crippen LogP contribution in [-0.2, 0) is 11.2 Å². The van der Waals surface area contributed by atoms with Gasteiger partial charge in [-0.3, -0.25) is 4.79 Å². The first kappa shape index (κ1) is 9.91. The molecule has 1 aliphatic carbocycles. The molecule has 0 unspecified atom stereocenters. The van der Waals surface area contributed by atoms with Crippen LogP contribution in [0.4, 0.5) is 0 Å². The SMILES string of the molecule is CC1(Cc2ccccc2)C=CC(=O)C=C1. The molecule has 76 valence electrons. The normalized spacial score (nSPS) is 18.1. The minimum atomic E-state index is -0.0186. The van der Waals surface area contributed by atoms with Gasteiger partial charge >= 0.3 is 0 Å². The van der Waals surface area contributed by atoms with Gasteiger partial charge in [0.1, 0.15) is 0 Å². The van der Waals surface area contributed by atoms with Crippen molar-refractivity contribution in [2.24, 2.45) is 5.41 Å². The highest BCUT2D eigenvalue weighted by Gasteiger charge is 2.20. The lowest BCUT2D eigenvalue weighted by Crippen LogP contribution is -2.17. The summed E-state index contributed by atoms with van der Waals surface area (Å²) in [6.07, 6.45) is 8.23. The van der Waals surface area contributed by atoms with Gasteiger partial charge in [-0.05, 0) is 24.1 Å². The first-order valence-corrected chi connectivity index (χ1v) is 5.14. The van der Waals surface area contributed by atoms with Crippen molar-refractivity contribution in [1.82, 2.24) is 0 Å². The van der Waals surface area contributed by atoms with E-state index < -0.39 is 0 Å². The molecule has 0 N–H and O–H groups in total. The number of carbonyl (C=O) groups is 1. The molecule has 1 aromatic rings. The Morgan fingerprint density at radius 3 is 2.27 bits per heavy atom. The Kier molecular flexibility index (Phi) is 2.55. The molecule has 0 amide bonds. The third kappa shape index (κ3) is 2.44. The molecule has 1 aliphatic rings. The van der Waals surface area contributed by atoms with E-state index in [2.05, 4.69) is 19.1 Å². The molecular weight excluding hydrogens is 184 g/mol. The van der Waals surface area contributed by atoms with Crippen LogP contribution >= 0.6 is 0 Å². The summed E-state index contributed by atoms with van der Waals surface area (Å²) in [6.45, 7) is 2.14. The van der Waals surface area contributed by atoms with Crippen LogP contribution in [0.2, 0.25) is 0 Å². The zero-order valence-electron chi connectivity index (χ0n) is 8.81. The quantitative estimate of drug-likeness (QED) is 0.714. The van der Waals surface area contributed by atoms with Crippen molar-refractivity contribution in [2.75, 3.05) is 0 Å². The predicted molar refractivity (Wildman–Crippen MR) is 61.5 cm³/mol. The summed E-state index contributed by atoms with van der Waals surface area (Å²) < 4.78 is 0. The molecule has 1 aromatic carbocycles. The van der Waals surface area contributed by atoms with Crippen molar-refractivity contribution < 1.29 is 4.79 Å². The van der Waals surface area contributed by atoms with Gasteiger partial charge in [-0.25, -0.2) is 0 Å². The maximum Gasteiger partial charge on any atom is 0.178 e. The van der Waals surface area contributed by atoms with Gasteiger partial charge < -0.3 is 0 Å². The van der Waals surface area contributed by atoms with Crippen LogP contribution in [0.1, 0.15) is 12.5 Å². The summed E-state index contributed by atoms with van der Waals surface area (Å²) in [6, 6.07) is 10.3. The summed E-state index contributed by atoms with van der Waals surface area (Å²) in [5.41, 5.74) is 1.28. The third-order valence-corrected chi connectivity index (χ3v) is 2.68. The van der Waals surface area contributed by atoms with Gasteiger partial charge in [-0.2, -0.15) is 0 Å². The van der Waals surface area contributed by atoms with Crippen LogP contribution in [0.15, 0.2) is 54.6 Å². The average Bonchev–Trinajstić information content (AvgIpc) is 2.24. The van der Waals surface area contributed by atoms with Gasteiger partial charge in [0, 0.05) is 5.41 Å². The number of hydrogen-bond acceptors (Lipinski definition) is 1. The highest BCUT2D eigenvalue weighted by Crippen LogP contribution is 2.28. The molecule has 0 fully saturated rings. The fourth-order valence-corrected chi connectivity index (χ4v) is 1.81. The van der Waals surface area contributed by atoms with Crippen LogP contribution in [0.3, 0.4) is 0 Å². The summed E-state index contributed by atoms with van der Waals surface area (Å²) in [5, 5.41) is 0. The van der Waals surface area contributed by atoms with Crippen molar-refractivity contribution in [2.45, 2.75) is 13.3 Å². The lowest BCUT2D eigenvalue weighted by atomic mass is 9.80. The maximum absolute atomic E-state index is 11.0. The molecule has 0 saturated carbocycles. The molecule has 1 nitrogen and oxygen atoms in total. The molecule has 0 atom stereocenters. The molecule has 2 rings (SSSR count). The topological polar surface area (TPSA) is 17.1 Å². The third-order valence-electron chi connectivity index (χ3n) is 2.68.